The molecule has 0 aliphatic carbocycles. The predicted octanol–water partition coefficient (Wildman–Crippen LogP) is 9.14. The summed E-state index contributed by atoms with van der Waals surface area (Å²) in [7, 11) is 0. The maximum Gasteiger partial charge on any atom is 0.0805 e. The van der Waals surface area contributed by atoms with E-state index in [2.05, 4.69) is 45.7 Å². The zero-order valence-corrected chi connectivity index (χ0v) is 18.4. The largest absolute Gasteiger partial charge is 0.0805 e. The minimum atomic E-state index is 0.214. The predicted molar refractivity (Wildman–Crippen MR) is 110 cm³/mol. The lowest BCUT2D eigenvalue weighted by Gasteiger charge is -2.19. The molecule has 0 saturated heterocycles. The van der Waals surface area contributed by atoms with Gasteiger partial charge in [0.15, 0.2) is 0 Å². The Morgan fingerprint density at radius 3 is 1.18 bits per heavy atom. The highest BCUT2D eigenvalue weighted by Gasteiger charge is 2.20. The molecule has 0 nitrogen and oxygen atoms in total. The molecule has 0 aromatic carbocycles. The summed E-state index contributed by atoms with van der Waals surface area (Å²) in [5.74, 6) is 0. The van der Waals surface area contributed by atoms with Crippen molar-refractivity contribution in [3.05, 3.63) is 0 Å². The molecule has 0 aliphatic rings. The second-order valence-corrected chi connectivity index (χ2v) is 11.1. The Hall–Kier alpha value is 0.960. The van der Waals surface area contributed by atoms with E-state index in [4.69, 9.17) is 0 Å². The fourth-order valence-electron chi connectivity index (χ4n) is 3.07. The molecule has 0 rings (SSSR count). The van der Waals surface area contributed by atoms with Gasteiger partial charge < -0.3 is 0 Å². The highest BCUT2D eigenvalue weighted by Crippen LogP contribution is 2.36. The van der Waals surface area contributed by atoms with E-state index in [0.29, 0.717) is 0 Å². The van der Waals surface area contributed by atoms with E-state index in [1.807, 2.05) is 0 Å². The third-order valence-electron chi connectivity index (χ3n) is 4.51. The standard InChI is InChI=1S/C20H40Br2/c1-3-5-6-7-8-9-10-11-12-13-14-15-16-17-19-20(21,22)18-4-2/h3-19H2,1-2H3. The van der Waals surface area contributed by atoms with Gasteiger partial charge in [-0.05, 0) is 12.8 Å². The summed E-state index contributed by atoms with van der Waals surface area (Å²) >= 11 is 7.59. The zero-order valence-electron chi connectivity index (χ0n) is 15.3. The van der Waals surface area contributed by atoms with Crippen LogP contribution in [0.15, 0.2) is 0 Å². The van der Waals surface area contributed by atoms with Crippen molar-refractivity contribution in [2.75, 3.05) is 0 Å². The highest BCUT2D eigenvalue weighted by molar-refractivity contribution is 9.25. The quantitative estimate of drug-likeness (QED) is 0.156. The maximum absolute atomic E-state index is 3.80. The summed E-state index contributed by atoms with van der Waals surface area (Å²) in [5, 5.41) is 0. The molecule has 0 fully saturated rings. The Labute approximate surface area is 157 Å². The second-order valence-electron chi connectivity index (χ2n) is 6.95. The van der Waals surface area contributed by atoms with Crippen molar-refractivity contribution in [3.63, 3.8) is 0 Å². The average Bonchev–Trinajstić information content (AvgIpc) is 2.47. The van der Waals surface area contributed by atoms with Crippen LogP contribution in [-0.4, -0.2) is 3.23 Å². The molecule has 0 heterocycles. The van der Waals surface area contributed by atoms with Crippen molar-refractivity contribution < 1.29 is 0 Å². The van der Waals surface area contributed by atoms with Crippen LogP contribution in [0, 0.1) is 0 Å². The van der Waals surface area contributed by atoms with Crippen molar-refractivity contribution in [3.8, 4) is 0 Å². The van der Waals surface area contributed by atoms with Gasteiger partial charge in [0.25, 0.3) is 0 Å². The topological polar surface area (TPSA) is 0 Å². The maximum atomic E-state index is 3.80. The molecule has 0 spiro atoms. The second kappa shape index (κ2) is 16.8. The van der Waals surface area contributed by atoms with Gasteiger partial charge in [0.1, 0.15) is 0 Å². The van der Waals surface area contributed by atoms with Crippen LogP contribution in [0.3, 0.4) is 0 Å². The molecule has 0 aromatic rings. The molecule has 0 aliphatic heterocycles. The summed E-state index contributed by atoms with van der Waals surface area (Å²) in [6.07, 6.45) is 23.9. The number of alkyl halides is 2. The van der Waals surface area contributed by atoms with Crippen LogP contribution < -0.4 is 0 Å². The summed E-state index contributed by atoms with van der Waals surface area (Å²) in [4.78, 5) is 0. The average molecular weight is 440 g/mol. The molecule has 0 bridgehead atoms. The Kier molecular flexibility index (Phi) is 17.5. The Morgan fingerprint density at radius 1 is 0.455 bits per heavy atom. The highest BCUT2D eigenvalue weighted by atomic mass is 79.9. The van der Waals surface area contributed by atoms with E-state index in [1.54, 1.807) is 0 Å². The number of rotatable bonds is 17. The van der Waals surface area contributed by atoms with Gasteiger partial charge in [0, 0.05) is 0 Å². The lowest BCUT2D eigenvalue weighted by Crippen LogP contribution is -2.09. The Bertz CT molecular complexity index is 214. The first-order valence-corrected chi connectivity index (χ1v) is 11.6. The minimum absolute atomic E-state index is 0.214. The molecular weight excluding hydrogens is 400 g/mol. The first-order chi connectivity index (χ1) is 10.6. The first-order valence-electron chi connectivity index (χ1n) is 10.00. The van der Waals surface area contributed by atoms with Crippen LogP contribution in [-0.2, 0) is 0 Å². The SMILES string of the molecule is CCCCCCCCCCCCCCCCC(Br)(Br)CCC. The van der Waals surface area contributed by atoms with Gasteiger partial charge in [-0.2, -0.15) is 0 Å². The summed E-state index contributed by atoms with van der Waals surface area (Å²) in [6, 6.07) is 0. The van der Waals surface area contributed by atoms with Crippen LogP contribution in [0.25, 0.3) is 0 Å². The van der Waals surface area contributed by atoms with Crippen molar-refractivity contribution in [1.29, 1.82) is 0 Å². The molecule has 22 heavy (non-hydrogen) atoms. The van der Waals surface area contributed by atoms with Gasteiger partial charge in [-0.3, -0.25) is 0 Å². The lowest BCUT2D eigenvalue weighted by molar-refractivity contribution is 0.526. The lowest BCUT2D eigenvalue weighted by atomic mass is 10.0. The molecule has 134 valence electrons. The van der Waals surface area contributed by atoms with E-state index in [1.165, 1.54) is 109 Å². The number of hydrogen-bond donors (Lipinski definition) is 0. The molecule has 0 N–H and O–H groups in total. The van der Waals surface area contributed by atoms with Gasteiger partial charge >= 0.3 is 0 Å². The molecule has 0 amide bonds. The molecule has 0 unspecified atom stereocenters. The van der Waals surface area contributed by atoms with Crippen LogP contribution >= 0.6 is 31.9 Å². The van der Waals surface area contributed by atoms with Gasteiger partial charge in [0.05, 0.1) is 3.23 Å². The molecular formula is C20H40Br2. The van der Waals surface area contributed by atoms with Gasteiger partial charge in [-0.25, -0.2) is 0 Å². The summed E-state index contributed by atoms with van der Waals surface area (Å²) in [6.45, 7) is 4.55. The van der Waals surface area contributed by atoms with Gasteiger partial charge in [-0.15, -0.1) is 0 Å². The van der Waals surface area contributed by atoms with E-state index in [0.717, 1.165) is 0 Å². The van der Waals surface area contributed by atoms with Crippen molar-refractivity contribution >= 4 is 31.9 Å². The third-order valence-corrected chi connectivity index (χ3v) is 6.10. The normalized spacial score (nSPS) is 12.0. The monoisotopic (exact) mass is 438 g/mol. The van der Waals surface area contributed by atoms with Crippen LogP contribution in [0.2, 0.25) is 0 Å². The number of hydrogen-bond acceptors (Lipinski definition) is 0. The van der Waals surface area contributed by atoms with E-state index >= 15 is 0 Å². The number of halogens is 2. The van der Waals surface area contributed by atoms with Crippen molar-refractivity contribution in [2.24, 2.45) is 0 Å². The summed E-state index contributed by atoms with van der Waals surface area (Å²) in [5.41, 5.74) is 0. The molecule has 2 heteroatoms. The Morgan fingerprint density at radius 2 is 0.818 bits per heavy atom. The number of unbranched alkanes of at least 4 members (excludes halogenated alkanes) is 13. The first kappa shape index (κ1) is 23.0. The van der Waals surface area contributed by atoms with Crippen molar-refractivity contribution in [2.45, 2.75) is 126 Å². The van der Waals surface area contributed by atoms with Gasteiger partial charge in [-0.1, -0.05) is 142 Å². The molecule has 0 atom stereocenters. The van der Waals surface area contributed by atoms with Crippen LogP contribution in [0.4, 0.5) is 0 Å². The fraction of sp³-hybridized carbons (Fsp3) is 1.00. The van der Waals surface area contributed by atoms with Crippen LogP contribution in [0.5, 0.6) is 0 Å². The third kappa shape index (κ3) is 17.3. The van der Waals surface area contributed by atoms with Crippen molar-refractivity contribution in [1.82, 2.24) is 0 Å². The molecule has 0 aromatic heterocycles. The van der Waals surface area contributed by atoms with Gasteiger partial charge in [0.2, 0.25) is 0 Å². The van der Waals surface area contributed by atoms with Crippen LogP contribution in [0.1, 0.15) is 123 Å². The molecule has 0 radical (unpaired) electrons. The Balaban J connectivity index is 3.11. The fourth-order valence-corrected chi connectivity index (χ4v) is 4.42. The summed E-state index contributed by atoms with van der Waals surface area (Å²) < 4.78 is 0.214. The zero-order chi connectivity index (χ0) is 16.5. The van der Waals surface area contributed by atoms with E-state index in [-0.39, 0.29) is 3.23 Å². The van der Waals surface area contributed by atoms with E-state index in [9.17, 15) is 0 Å². The smallest absolute Gasteiger partial charge is 0.0727 e. The molecule has 0 saturated carbocycles. The van der Waals surface area contributed by atoms with E-state index < -0.39 is 0 Å². The minimum Gasteiger partial charge on any atom is -0.0727 e.